The van der Waals surface area contributed by atoms with Crippen LogP contribution in [-0.2, 0) is 29.3 Å². The summed E-state index contributed by atoms with van der Waals surface area (Å²) in [7, 11) is 0. The van der Waals surface area contributed by atoms with E-state index in [1.165, 1.54) is 6.07 Å². The average Bonchev–Trinajstić information content (AvgIpc) is 3.35. The van der Waals surface area contributed by atoms with Gasteiger partial charge in [-0.3, -0.25) is 9.59 Å². The highest BCUT2D eigenvalue weighted by molar-refractivity contribution is 6.10. The molecule has 0 bridgehead atoms. The largest absolute Gasteiger partial charge is 0.443 e. The number of imide groups is 1. The van der Waals surface area contributed by atoms with Crippen molar-refractivity contribution in [2.75, 3.05) is 18.0 Å². The number of ketones is 1. The highest BCUT2D eigenvalue weighted by Crippen LogP contribution is 2.40. The highest BCUT2D eigenvalue weighted by Gasteiger charge is 2.42. The molecule has 39 heavy (non-hydrogen) atoms. The molecule has 0 aliphatic carbocycles. The molecule has 0 aromatic heterocycles. The maximum atomic E-state index is 13.4. The zero-order valence-electron chi connectivity index (χ0n) is 24.5. The van der Waals surface area contributed by atoms with Gasteiger partial charge in [-0.25, -0.2) is 9.59 Å². The number of aldehydes is 1. The Morgan fingerprint density at radius 2 is 1.44 bits per heavy atom. The fourth-order valence-corrected chi connectivity index (χ4v) is 4.57. The molecular weight excluding hydrogens is 500 g/mol. The van der Waals surface area contributed by atoms with Gasteiger partial charge in [0.25, 0.3) is 0 Å². The van der Waals surface area contributed by atoms with Crippen molar-refractivity contribution in [1.29, 1.82) is 0 Å². The second-order valence-electron chi connectivity index (χ2n) is 12.1. The van der Waals surface area contributed by atoms with Gasteiger partial charge in [-0.2, -0.15) is 4.90 Å². The molecule has 1 heterocycles. The summed E-state index contributed by atoms with van der Waals surface area (Å²) in [5, 5.41) is 0. The van der Waals surface area contributed by atoms with Gasteiger partial charge in [-0.15, -0.1) is 0 Å². The molecule has 2 rings (SSSR count). The lowest BCUT2D eigenvalue weighted by Crippen LogP contribution is -2.46. The van der Waals surface area contributed by atoms with E-state index in [-0.39, 0.29) is 42.2 Å². The van der Waals surface area contributed by atoms with E-state index in [9.17, 15) is 24.0 Å². The Morgan fingerprint density at radius 3 is 1.92 bits per heavy atom. The maximum absolute atomic E-state index is 13.4. The topological polar surface area (TPSA) is 110 Å². The number of para-hydroxylation sites is 1. The molecular formula is C30H44N2O7. The maximum Gasteiger partial charge on any atom is 0.424 e. The van der Waals surface area contributed by atoms with Gasteiger partial charge in [0.15, 0.2) is 0 Å². The van der Waals surface area contributed by atoms with Crippen molar-refractivity contribution in [3.63, 3.8) is 0 Å². The Bertz CT molecular complexity index is 1020. The monoisotopic (exact) mass is 544 g/mol. The van der Waals surface area contributed by atoms with Gasteiger partial charge in [-0.05, 0) is 78.9 Å². The summed E-state index contributed by atoms with van der Waals surface area (Å²) in [4.78, 5) is 68.3. The van der Waals surface area contributed by atoms with Crippen LogP contribution in [0.1, 0.15) is 99.0 Å². The number of benzene rings is 1. The Balaban J connectivity index is 2.68. The Morgan fingerprint density at radius 1 is 0.897 bits per heavy atom. The molecule has 1 saturated heterocycles. The molecule has 1 aliphatic rings. The molecule has 0 N–H and O–H groups in total. The molecule has 1 atom stereocenters. The second kappa shape index (κ2) is 13.2. The van der Waals surface area contributed by atoms with Gasteiger partial charge in [0, 0.05) is 32.4 Å². The lowest BCUT2D eigenvalue weighted by molar-refractivity contribution is -0.134. The summed E-state index contributed by atoms with van der Waals surface area (Å²) in [6.45, 7) is 13.2. The third-order valence-corrected chi connectivity index (χ3v) is 6.36. The zero-order chi connectivity index (χ0) is 29.4. The third kappa shape index (κ3) is 9.18. The van der Waals surface area contributed by atoms with Crippen LogP contribution in [0.3, 0.4) is 0 Å². The fourth-order valence-electron chi connectivity index (χ4n) is 4.57. The predicted octanol–water partition coefficient (Wildman–Crippen LogP) is 5.96. The van der Waals surface area contributed by atoms with Gasteiger partial charge >= 0.3 is 12.2 Å². The van der Waals surface area contributed by atoms with Gasteiger partial charge in [0.1, 0.15) is 23.3 Å². The smallest absolute Gasteiger partial charge is 0.424 e. The van der Waals surface area contributed by atoms with E-state index < -0.39 is 28.8 Å². The molecule has 0 unspecified atom stereocenters. The molecule has 1 aromatic carbocycles. The number of likely N-dealkylation sites (tertiary alicyclic amines) is 1. The molecule has 3 amide bonds. The second-order valence-corrected chi connectivity index (χ2v) is 12.1. The van der Waals surface area contributed by atoms with E-state index in [1.54, 1.807) is 64.6 Å². The lowest BCUT2D eigenvalue weighted by atomic mass is 9.73. The van der Waals surface area contributed by atoms with Crippen molar-refractivity contribution in [2.24, 2.45) is 0 Å². The van der Waals surface area contributed by atoms with Gasteiger partial charge in [0.2, 0.25) is 5.91 Å². The number of ether oxygens (including phenoxy) is 2. The van der Waals surface area contributed by atoms with Crippen molar-refractivity contribution < 1.29 is 33.4 Å². The first-order valence-corrected chi connectivity index (χ1v) is 13.7. The van der Waals surface area contributed by atoms with Gasteiger partial charge in [0.05, 0.1) is 11.1 Å². The number of carbonyl (C=O) groups is 5. The first-order chi connectivity index (χ1) is 18.1. The van der Waals surface area contributed by atoms with Crippen LogP contribution in [0.15, 0.2) is 24.3 Å². The normalized spacial score (nSPS) is 15.3. The molecule has 1 fully saturated rings. The van der Waals surface area contributed by atoms with Crippen LogP contribution in [0.4, 0.5) is 15.3 Å². The first kappa shape index (κ1) is 32.0. The van der Waals surface area contributed by atoms with E-state index in [0.29, 0.717) is 32.2 Å². The van der Waals surface area contributed by atoms with Gasteiger partial charge in [-0.1, -0.05) is 25.1 Å². The SMILES string of the molecule is CCCC(=O)CC[C@@](C=O)(CC(=O)N1CCCC1)c1ccccc1N(C(=O)OC(C)(C)C)C(=O)OC(C)(C)C. The number of Topliss-reactive ketones (excluding diaryl/α,β-unsaturated/α-hetero) is 1. The van der Waals surface area contributed by atoms with Crippen LogP contribution >= 0.6 is 0 Å². The highest BCUT2D eigenvalue weighted by atomic mass is 16.6. The molecule has 0 spiro atoms. The van der Waals surface area contributed by atoms with Crippen molar-refractivity contribution in [3.8, 4) is 0 Å². The summed E-state index contributed by atoms with van der Waals surface area (Å²) < 4.78 is 11.1. The summed E-state index contributed by atoms with van der Waals surface area (Å²) in [6.07, 6.45) is 1.47. The van der Waals surface area contributed by atoms with Crippen molar-refractivity contribution in [1.82, 2.24) is 4.90 Å². The lowest BCUT2D eigenvalue weighted by Gasteiger charge is -2.35. The van der Waals surface area contributed by atoms with E-state index in [4.69, 9.17) is 9.47 Å². The van der Waals surface area contributed by atoms with Crippen molar-refractivity contribution in [2.45, 2.75) is 110 Å². The molecule has 9 nitrogen and oxygen atoms in total. The zero-order valence-corrected chi connectivity index (χ0v) is 24.5. The van der Waals surface area contributed by atoms with E-state index >= 15 is 0 Å². The number of hydrogen-bond acceptors (Lipinski definition) is 7. The molecule has 0 radical (unpaired) electrons. The van der Waals surface area contributed by atoms with Crippen LogP contribution in [-0.4, -0.2) is 59.4 Å². The summed E-state index contributed by atoms with van der Waals surface area (Å²) in [6, 6.07) is 6.44. The number of hydrogen-bond donors (Lipinski definition) is 0. The predicted molar refractivity (Wildman–Crippen MR) is 149 cm³/mol. The van der Waals surface area contributed by atoms with Crippen molar-refractivity contribution >= 4 is 35.9 Å². The minimum Gasteiger partial charge on any atom is -0.443 e. The van der Waals surface area contributed by atoms with E-state index in [1.807, 2.05) is 6.92 Å². The summed E-state index contributed by atoms with van der Waals surface area (Å²) in [5.74, 6) is -0.232. The number of rotatable bonds is 10. The molecule has 9 heteroatoms. The van der Waals surface area contributed by atoms with Crippen LogP contribution in [0.2, 0.25) is 0 Å². The fraction of sp³-hybridized carbons (Fsp3) is 0.633. The number of amides is 3. The molecule has 216 valence electrons. The minimum atomic E-state index is -1.46. The Labute approximate surface area is 232 Å². The third-order valence-electron chi connectivity index (χ3n) is 6.36. The van der Waals surface area contributed by atoms with E-state index in [0.717, 1.165) is 17.7 Å². The number of nitrogens with zero attached hydrogens (tertiary/aromatic N) is 2. The minimum absolute atomic E-state index is 0.0223. The van der Waals surface area contributed by atoms with Crippen molar-refractivity contribution in [3.05, 3.63) is 29.8 Å². The average molecular weight is 545 g/mol. The quantitative estimate of drug-likeness (QED) is 0.334. The molecule has 0 saturated carbocycles. The summed E-state index contributed by atoms with van der Waals surface area (Å²) >= 11 is 0. The Hall–Kier alpha value is -3.23. The Kier molecular flexibility index (Phi) is 10.8. The van der Waals surface area contributed by atoms with Crippen LogP contribution in [0.25, 0.3) is 0 Å². The first-order valence-electron chi connectivity index (χ1n) is 13.7. The molecule has 1 aromatic rings. The van der Waals surface area contributed by atoms with Gasteiger partial charge < -0.3 is 19.2 Å². The molecule has 1 aliphatic heterocycles. The number of carbonyl (C=O) groups excluding carboxylic acids is 5. The number of anilines is 1. The standard InChI is InChI=1S/C30H44N2O7/c1-8-13-22(34)16-17-30(21-33,20-25(35)31-18-11-12-19-31)23-14-9-10-15-24(23)32(26(36)38-28(2,3)4)27(37)39-29(5,6)7/h9-10,14-15,21H,8,11-13,16-20H2,1-7H3/t30-/m0/s1. The van der Waals surface area contributed by atoms with Crippen LogP contribution in [0.5, 0.6) is 0 Å². The van der Waals surface area contributed by atoms with Crippen LogP contribution < -0.4 is 4.90 Å². The summed E-state index contributed by atoms with van der Waals surface area (Å²) in [5.41, 5.74) is -2.94. The van der Waals surface area contributed by atoms with E-state index in [2.05, 4.69) is 0 Å². The van der Waals surface area contributed by atoms with Crippen LogP contribution in [0, 0.1) is 0 Å².